The first-order chi connectivity index (χ1) is 9.11. The minimum atomic E-state index is -0.196. The molecule has 1 atom stereocenters. The van der Waals surface area contributed by atoms with E-state index in [1.807, 2.05) is 26.0 Å². The maximum absolute atomic E-state index is 11.9. The molecule has 5 nitrogen and oxygen atoms in total. The highest BCUT2D eigenvalue weighted by molar-refractivity contribution is 6.02. The second kappa shape index (κ2) is 5.73. The van der Waals surface area contributed by atoms with E-state index in [0.29, 0.717) is 11.4 Å². The van der Waals surface area contributed by atoms with Gasteiger partial charge in [-0.1, -0.05) is 19.1 Å². The maximum atomic E-state index is 11.9. The molecule has 102 valence electrons. The standard InChI is InChI=1S/C14H18N2O3/c1-3-10(2)15-13(17)8-16-11-6-4-5-7-12(11)19-9-14(16)18/h4-7,10H,3,8-9H2,1-2H3,(H,15,17). The summed E-state index contributed by atoms with van der Waals surface area (Å²) in [5.41, 5.74) is 0.651. The molecule has 2 amide bonds. The predicted octanol–water partition coefficient (Wildman–Crippen LogP) is 1.33. The number of carbonyl (C=O) groups is 2. The molecule has 0 aromatic heterocycles. The van der Waals surface area contributed by atoms with Crippen LogP contribution in [0.3, 0.4) is 0 Å². The molecule has 1 aromatic carbocycles. The van der Waals surface area contributed by atoms with Gasteiger partial charge in [-0.25, -0.2) is 0 Å². The summed E-state index contributed by atoms with van der Waals surface area (Å²) in [4.78, 5) is 25.2. The van der Waals surface area contributed by atoms with Crippen LogP contribution >= 0.6 is 0 Å². The van der Waals surface area contributed by atoms with E-state index in [9.17, 15) is 9.59 Å². The number of nitrogens with zero attached hydrogens (tertiary/aromatic N) is 1. The smallest absolute Gasteiger partial charge is 0.265 e. The van der Waals surface area contributed by atoms with E-state index < -0.39 is 0 Å². The molecule has 1 aromatic rings. The SMILES string of the molecule is CCC(C)NC(=O)CN1C(=O)COc2ccccc21. The molecule has 0 bridgehead atoms. The molecular formula is C14H18N2O3. The Morgan fingerprint density at radius 1 is 1.47 bits per heavy atom. The van der Waals surface area contributed by atoms with Crippen LogP contribution < -0.4 is 15.0 Å². The van der Waals surface area contributed by atoms with Gasteiger partial charge in [0.05, 0.1) is 5.69 Å². The number of amides is 2. The Bertz CT molecular complexity index is 487. The Kier molecular flexibility index (Phi) is 4.04. The highest BCUT2D eigenvalue weighted by Gasteiger charge is 2.26. The van der Waals surface area contributed by atoms with E-state index in [1.54, 1.807) is 12.1 Å². The number of benzene rings is 1. The van der Waals surface area contributed by atoms with Gasteiger partial charge in [0.25, 0.3) is 5.91 Å². The van der Waals surface area contributed by atoms with Crippen LogP contribution in [-0.4, -0.2) is 31.0 Å². The van der Waals surface area contributed by atoms with E-state index in [-0.39, 0.29) is 31.0 Å². The highest BCUT2D eigenvalue weighted by Crippen LogP contribution is 2.31. The first kappa shape index (κ1) is 13.4. The first-order valence-electron chi connectivity index (χ1n) is 6.43. The zero-order valence-electron chi connectivity index (χ0n) is 11.2. The molecule has 1 unspecified atom stereocenters. The van der Waals surface area contributed by atoms with Gasteiger partial charge in [-0.15, -0.1) is 0 Å². The third kappa shape index (κ3) is 3.05. The van der Waals surface area contributed by atoms with E-state index in [4.69, 9.17) is 4.74 Å². The number of ether oxygens (including phenoxy) is 1. The molecule has 0 fully saturated rings. The molecule has 0 saturated heterocycles. The van der Waals surface area contributed by atoms with Gasteiger partial charge in [0.2, 0.25) is 5.91 Å². The molecule has 1 N–H and O–H groups in total. The van der Waals surface area contributed by atoms with Gasteiger partial charge in [-0.05, 0) is 25.5 Å². The van der Waals surface area contributed by atoms with E-state index in [0.717, 1.165) is 6.42 Å². The zero-order chi connectivity index (χ0) is 13.8. The van der Waals surface area contributed by atoms with Crippen molar-refractivity contribution in [3.8, 4) is 5.75 Å². The molecule has 1 aliphatic heterocycles. The molecular weight excluding hydrogens is 244 g/mol. The summed E-state index contributed by atoms with van der Waals surface area (Å²) in [6.07, 6.45) is 0.861. The summed E-state index contributed by atoms with van der Waals surface area (Å²) in [6.45, 7) is 3.95. The first-order valence-corrected chi connectivity index (χ1v) is 6.43. The van der Waals surface area contributed by atoms with Crippen molar-refractivity contribution in [2.75, 3.05) is 18.1 Å². The van der Waals surface area contributed by atoms with Crippen molar-refractivity contribution in [1.29, 1.82) is 0 Å². The molecule has 1 heterocycles. The number of fused-ring (bicyclic) bond motifs is 1. The number of para-hydroxylation sites is 2. The lowest BCUT2D eigenvalue weighted by molar-refractivity contribution is -0.125. The fourth-order valence-electron chi connectivity index (χ4n) is 1.89. The van der Waals surface area contributed by atoms with Gasteiger partial charge in [-0.2, -0.15) is 0 Å². The Morgan fingerprint density at radius 3 is 2.95 bits per heavy atom. The molecule has 0 radical (unpaired) electrons. The fraction of sp³-hybridized carbons (Fsp3) is 0.429. The summed E-state index contributed by atoms with van der Waals surface area (Å²) in [5.74, 6) is 0.288. The minimum Gasteiger partial charge on any atom is -0.482 e. The number of carbonyl (C=O) groups excluding carboxylic acids is 2. The molecule has 0 spiro atoms. The zero-order valence-corrected chi connectivity index (χ0v) is 11.2. The van der Waals surface area contributed by atoms with Crippen molar-refractivity contribution < 1.29 is 14.3 Å². The summed E-state index contributed by atoms with van der Waals surface area (Å²) in [7, 11) is 0. The highest BCUT2D eigenvalue weighted by atomic mass is 16.5. The number of hydrogen-bond donors (Lipinski definition) is 1. The average molecular weight is 262 g/mol. The Labute approximate surface area is 112 Å². The molecule has 5 heteroatoms. The van der Waals surface area contributed by atoms with Gasteiger partial charge in [-0.3, -0.25) is 14.5 Å². The number of hydrogen-bond acceptors (Lipinski definition) is 3. The van der Waals surface area contributed by atoms with Crippen LogP contribution in [0.15, 0.2) is 24.3 Å². The van der Waals surface area contributed by atoms with Crippen LogP contribution in [0.2, 0.25) is 0 Å². The van der Waals surface area contributed by atoms with Crippen molar-refractivity contribution in [3.05, 3.63) is 24.3 Å². The number of rotatable bonds is 4. The summed E-state index contributed by atoms with van der Waals surface area (Å²) < 4.78 is 5.33. The van der Waals surface area contributed by atoms with Crippen LogP contribution in [0, 0.1) is 0 Å². The molecule has 2 rings (SSSR count). The van der Waals surface area contributed by atoms with Crippen LogP contribution in [-0.2, 0) is 9.59 Å². The lowest BCUT2D eigenvalue weighted by Crippen LogP contribution is -2.46. The lowest BCUT2D eigenvalue weighted by Gasteiger charge is -2.29. The van der Waals surface area contributed by atoms with Crippen molar-refractivity contribution in [1.82, 2.24) is 5.32 Å². The maximum Gasteiger partial charge on any atom is 0.265 e. The van der Waals surface area contributed by atoms with Gasteiger partial charge in [0.1, 0.15) is 12.3 Å². The van der Waals surface area contributed by atoms with E-state index in [2.05, 4.69) is 5.32 Å². The summed E-state index contributed by atoms with van der Waals surface area (Å²) in [6, 6.07) is 7.34. The van der Waals surface area contributed by atoms with Gasteiger partial charge in [0.15, 0.2) is 6.61 Å². The monoisotopic (exact) mass is 262 g/mol. The Balaban J connectivity index is 2.11. The molecule has 0 aliphatic carbocycles. The summed E-state index contributed by atoms with van der Waals surface area (Å²) >= 11 is 0. The second-order valence-electron chi connectivity index (χ2n) is 4.61. The molecule has 1 aliphatic rings. The third-order valence-electron chi connectivity index (χ3n) is 3.13. The minimum absolute atomic E-state index is 0.0202. The van der Waals surface area contributed by atoms with Crippen LogP contribution in [0.5, 0.6) is 5.75 Å². The number of nitrogens with one attached hydrogen (secondary N) is 1. The summed E-state index contributed by atoms with van der Waals surface area (Å²) in [5, 5.41) is 2.85. The van der Waals surface area contributed by atoms with Crippen LogP contribution in [0.25, 0.3) is 0 Å². The van der Waals surface area contributed by atoms with E-state index in [1.165, 1.54) is 4.90 Å². The number of anilines is 1. The van der Waals surface area contributed by atoms with E-state index >= 15 is 0 Å². The van der Waals surface area contributed by atoms with Crippen LogP contribution in [0.1, 0.15) is 20.3 Å². The normalized spacial score (nSPS) is 15.5. The fourth-order valence-corrected chi connectivity index (χ4v) is 1.89. The van der Waals surface area contributed by atoms with Gasteiger partial charge < -0.3 is 10.1 Å². The molecule has 19 heavy (non-hydrogen) atoms. The quantitative estimate of drug-likeness (QED) is 0.890. The predicted molar refractivity (Wildman–Crippen MR) is 72.2 cm³/mol. The third-order valence-corrected chi connectivity index (χ3v) is 3.13. The Hall–Kier alpha value is -2.04. The largest absolute Gasteiger partial charge is 0.482 e. The molecule has 0 saturated carbocycles. The van der Waals surface area contributed by atoms with Crippen molar-refractivity contribution >= 4 is 17.5 Å². The van der Waals surface area contributed by atoms with Gasteiger partial charge in [0, 0.05) is 6.04 Å². The van der Waals surface area contributed by atoms with Crippen molar-refractivity contribution in [2.24, 2.45) is 0 Å². The Morgan fingerprint density at radius 2 is 2.21 bits per heavy atom. The topological polar surface area (TPSA) is 58.6 Å². The second-order valence-corrected chi connectivity index (χ2v) is 4.61. The van der Waals surface area contributed by atoms with Crippen molar-refractivity contribution in [2.45, 2.75) is 26.3 Å². The van der Waals surface area contributed by atoms with Gasteiger partial charge >= 0.3 is 0 Å². The van der Waals surface area contributed by atoms with Crippen LogP contribution in [0.4, 0.5) is 5.69 Å². The van der Waals surface area contributed by atoms with Crippen molar-refractivity contribution in [3.63, 3.8) is 0 Å². The average Bonchev–Trinajstić information content (AvgIpc) is 2.42. The lowest BCUT2D eigenvalue weighted by atomic mass is 10.2.